The van der Waals surface area contributed by atoms with Crippen molar-refractivity contribution in [3.05, 3.63) is 0 Å². The molecule has 0 spiro atoms. The molecule has 62 valence electrons. The molecule has 1 aliphatic heterocycles. The van der Waals surface area contributed by atoms with Gasteiger partial charge in [0.25, 0.3) is 0 Å². The average Bonchev–Trinajstić information content (AvgIpc) is 2.68. The van der Waals surface area contributed by atoms with Crippen LogP contribution in [0.15, 0.2) is 0 Å². The van der Waals surface area contributed by atoms with Crippen LogP contribution in [0.1, 0.15) is 33.6 Å². The number of hydrogen-bond donors (Lipinski definition) is 0. The Labute approximate surface area is 68.1 Å². The van der Waals surface area contributed by atoms with Crippen LogP contribution < -0.4 is 0 Å². The van der Waals surface area contributed by atoms with Gasteiger partial charge in [-0.25, -0.2) is 0 Å². The minimum absolute atomic E-state index is 0.314. The van der Waals surface area contributed by atoms with Crippen LogP contribution in [0.3, 0.4) is 0 Å². The minimum atomic E-state index is 0.314. The fourth-order valence-corrected chi connectivity index (χ4v) is 3.17. The Morgan fingerprint density at radius 1 is 1.18 bits per heavy atom. The molecule has 1 unspecified atom stereocenters. The van der Waals surface area contributed by atoms with E-state index in [1.165, 1.54) is 12.8 Å². The van der Waals surface area contributed by atoms with Gasteiger partial charge < -0.3 is 4.74 Å². The Balaban J connectivity index is 1.85. The van der Waals surface area contributed by atoms with Crippen molar-refractivity contribution in [1.82, 2.24) is 0 Å². The molecule has 0 bridgehead atoms. The summed E-state index contributed by atoms with van der Waals surface area (Å²) in [7, 11) is 0. The van der Waals surface area contributed by atoms with Gasteiger partial charge in [-0.3, -0.25) is 0 Å². The lowest BCUT2D eigenvalue weighted by atomic mass is 9.91. The second-order valence-electron chi connectivity index (χ2n) is 5.39. The lowest BCUT2D eigenvalue weighted by Gasteiger charge is -2.09. The number of ether oxygens (including phenoxy) is 1. The van der Waals surface area contributed by atoms with E-state index in [-0.39, 0.29) is 0 Å². The van der Waals surface area contributed by atoms with Gasteiger partial charge in [-0.2, -0.15) is 0 Å². The molecule has 3 aliphatic rings. The molecule has 0 aromatic heterocycles. The third kappa shape index (κ3) is 0.618. The van der Waals surface area contributed by atoms with Crippen molar-refractivity contribution in [2.24, 2.45) is 17.3 Å². The van der Waals surface area contributed by atoms with Gasteiger partial charge in [-0.1, -0.05) is 13.8 Å². The van der Waals surface area contributed by atoms with Gasteiger partial charge in [-0.05, 0) is 37.0 Å². The van der Waals surface area contributed by atoms with Gasteiger partial charge >= 0.3 is 0 Å². The molecule has 4 atom stereocenters. The van der Waals surface area contributed by atoms with Crippen LogP contribution in [-0.4, -0.2) is 11.7 Å². The van der Waals surface area contributed by atoms with E-state index in [1.54, 1.807) is 0 Å². The zero-order valence-corrected chi connectivity index (χ0v) is 7.55. The third-order valence-electron chi connectivity index (χ3n) is 4.42. The topological polar surface area (TPSA) is 12.5 Å². The first-order chi connectivity index (χ1) is 5.04. The first kappa shape index (κ1) is 6.47. The summed E-state index contributed by atoms with van der Waals surface area (Å²) in [4.78, 5) is 0. The lowest BCUT2D eigenvalue weighted by Crippen LogP contribution is -2.16. The summed E-state index contributed by atoms with van der Waals surface area (Å²) < 4.78 is 5.66. The Hall–Kier alpha value is -0.0400. The van der Waals surface area contributed by atoms with E-state index < -0.39 is 0 Å². The quantitative estimate of drug-likeness (QED) is 0.485. The molecule has 0 amide bonds. The monoisotopic (exact) mass is 152 g/mol. The zero-order valence-electron chi connectivity index (χ0n) is 7.55. The summed E-state index contributed by atoms with van der Waals surface area (Å²) in [5.74, 6) is 1.97. The Morgan fingerprint density at radius 2 is 1.91 bits per heavy atom. The van der Waals surface area contributed by atoms with E-state index >= 15 is 0 Å². The maximum Gasteiger partial charge on any atom is 0.0923 e. The normalized spacial score (nSPS) is 63.0. The highest BCUT2D eigenvalue weighted by Gasteiger charge is 2.70. The van der Waals surface area contributed by atoms with Crippen LogP contribution in [0.5, 0.6) is 0 Å². The summed E-state index contributed by atoms with van der Waals surface area (Å²) in [6, 6.07) is 0. The molecular formula is C10H16O. The largest absolute Gasteiger partial charge is 0.366 e. The van der Waals surface area contributed by atoms with Crippen LogP contribution in [0.25, 0.3) is 0 Å². The van der Waals surface area contributed by atoms with Crippen LogP contribution in [-0.2, 0) is 4.74 Å². The summed E-state index contributed by atoms with van der Waals surface area (Å²) in [6.07, 6.45) is 3.30. The molecule has 0 radical (unpaired) electrons. The van der Waals surface area contributed by atoms with Crippen molar-refractivity contribution in [2.45, 2.75) is 45.3 Å². The lowest BCUT2D eigenvalue weighted by molar-refractivity contribution is 0.282. The molecule has 3 rings (SSSR count). The number of fused-ring (bicyclic) bond motifs is 2. The molecule has 2 saturated carbocycles. The average molecular weight is 152 g/mol. The highest BCUT2D eigenvalue weighted by Crippen LogP contribution is 2.70. The molecular weight excluding hydrogens is 136 g/mol. The van der Waals surface area contributed by atoms with Crippen molar-refractivity contribution >= 4 is 0 Å². The number of rotatable bonds is 0. The van der Waals surface area contributed by atoms with Crippen LogP contribution in [0.2, 0.25) is 0 Å². The molecule has 1 nitrogen and oxygen atoms in total. The maximum absolute atomic E-state index is 5.66. The van der Waals surface area contributed by atoms with Crippen LogP contribution in [0.4, 0.5) is 0 Å². The predicted octanol–water partition coefficient (Wildman–Crippen LogP) is 2.21. The smallest absolute Gasteiger partial charge is 0.0923 e. The van der Waals surface area contributed by atoms with E-state index in [9.17, 15) is 0 Å². The van der Waals surface area contributed by atoms with Crippen LogP contribution in [0, 0.1) is 17.3 Å². The third-order valence-corrected chi connectivity index (χ3v) is 4.42. The van der Waals surface area contributed by atoms with Crippen molar-refractivity contribution in [1.29, 1.82) is 0 Å². The Morgan fingerprint density at radius 3 is 2.55 bits per heavy atom. The molecule has 2 aliphatic carbocycles. The fourth-order valence-electron chi connectivity index (χ4n) is 3.17. The molecule has 1 heterocycles. The predicted molar refractivity (Wildman–Crippen MR) is 43.3 cm³/mol. The van der Waals surface area contributed by atoms with Crippen molar-refractivity contribution < 1.29 is 4.74 Å². The fraction of sp³-hybridized carbons (Fsp3) is 1.00. The van der Waals surface area contributed by atoms with E-state index in [0.717, 1.165) is 11.8 Å². The summed E-state index contributed by atoms with van der Waals surface area (Å²) in [6.45, 7) is 7.11. The molecule has 3 fully saturated rings. The van der Waals surface area contributed by atoms with E-state index in [0.29, 0.717) is 17.1 Å². The van der Waals surface area contributed by atoms with Crippen LogP contribution >= 0.6 is 0 Å². The highest BCUT2D eigenvalue weighted by molar-refractivity contribution is 5.18. The van der Waals surface area contributed by atoms with Gasteiger partial charge in [0, 0.05) is 0 Å². The van der Waals surface area contributed by atoms with E-state index in [2.05, 4.69) is 20.8 Å². The second-order valence-corrected chi connectivity index (χ2v) is 5.39. The Bertz CT molecular complexity index is 221. The summed E-state index contributed by atoms with van der Waals surface area (Å²) in [5.41, 5.74) is 0.967. The standard InChI is InChI=1S/C10H16O/c1-9(2)6-4-8-10(3,11-8)5-7(6)9/h6-8H,4-5H2,1-3H3/t6-,7+,8?,10+/m1/s1. The summed E-state index contributed by atoms with van der Waals surface area (Å²) in [5, 5.41) is 0. The molecule has 0 aromatic rings. The molecule has 11 heavy (non-hydrogen) atoms. The molecule has 0 aromatic carbocycles. The SMILES string of the molecule is CC1(C)[C@@H]2CC3O[C@@]3(C)C[C@@H]21. The van der Waals surface area contributed by atoms with E-state index in [4.69, 9.17) is 4.74 Å². The highest BCUT2D eigenvalue weighted by atomic mass is 16.6. The molecule has 0 N–H and O–H groups in total. The zero-order chi connectivity index (χ0) is 7.85. The van der Waals surface area contributed by atoms with E-state index in [1.807, 2.05) is 0 Å². The second kappa shape index (κ2) is 1.39. The van der Waals surface area contributed by atoms with Gasteiger partial charge in [0.1, 0.15) is 0 Å². The molecule has 1 saturated heterocycles. The number of epoxide rings is 1. The van der Waals surface area contributed by atoms with Crippen molar-refractivity contribution in [3.8, 4) is 0 Å². The van der Waals surface area contributed by atoms with Gasteiger partial charge in [0.15, 0.2) is 0 Å². The van der Waals surface area contributed by atoms with Gasteiger partial charge in [0.05, 0.1) is 11.7 Å². The Kier molecular flexibility index (Phi) is 0.820. The first-order valence-corrected chi connectivity index (χ1v) is 4.72. The first-order valence-electron chi connectivity index (χ1n) is 4.72. The minimum Gasteiger partial charge on any atom is -0.366 e. The van der Waals surface area contributed by atoms with Crippen molar-refractivity contribution in [2.75, 3.05) is 0 Å². The molecule has 1 heteroatoms. The van der Waals surface area contributed by atoms with Crippen molar-refractivity contribution in [3.63, 3.8) is 0 Å². The maximum atomic E-state index is 5.66. The van der Waals surface area contributed by atoms with Gasteiger partial charge in [-0.15, -0.1) is 0 Å². The van der Waals surface area contributed by atoms with Gasteiger partial charge in [0.2, 0.25) is 0 Å². The number of hydrogen-bond acceptors (Lipinski definition) is 1. The summed E-state index contributed by atoms with van der Waals surface area (Å²) >= 11 is 0.